The molecule has 9 nitrogen and oxygen atoms in total. The Bertz CT molecular complexity index is 1780. The number of aromatic nitrogens is 2. The van der Waals surface area contributed by atoms with Gasteiger partial charge in [0.15, 0.2) is 5.60 Å². The van der Waals surface area contributed by atoms with Crippen molar-refractivity contribution < 1.29 is 19.8 Å². The summed E-state index contributed by atoms with van der Waals surface area (Å²) in [5.74, 6) is -1.15. The van der Waals surface area contributed by atoms with E-state index >= 15 is 0 Å². The van der Waals surface area contributed by atoms with Gasteiger partial charge in [-0.3, -0.25) is 14.4 Å². The molecule has 1 fully saturated rings. The maximum absolute atomic E-state index is 13.9. The highest BCUT2D eigenvalue weighted by molar-refractivity contribution is 6.07. The van der Waals surface area contributed by atoms with E-state index in [-0.39, 0.29) is 37.1 Å². The first-order valence-corrected chi connectivity index (χ1v) is 14.6. The first-order chi connectivity index (χ1) is 20.8. The van der Waals surface area contributed by atoms with E-state index in [4.69, 9.17) is 0 Å². The molecule has 1 saturated heterocycles. The third-order valence-electron chi connectivity index (χ3n) is 8.65. The number of nitrogens with zero attached hydrogens (tertiary/aromatic N) is 4. The average molecular weight is 579 g/mol. The van der Waals surface area contributed by atoms with Crippen molar-refractivity contribution in [1.82, 2.24) is 14.7 Å². The van der Waals surface area contributed by atoms with Crippen LogP contribution in [-0.2, 0) is 21.7 Å². The average Bonchev–Trinajstić information content (AvgIpc) is 3.60. The number of fused-ring (bicyclic) bond motifs is 2. The van der Waals surface area contributed by atoms with Gasteiger partial charge in [-0.15, -0.1) is 0 Å². The van der Waals surface area contributed by atoms with Crippen LogP contribution in [0.15, 0.2) is 95.9 Å². The number of amides is 2. The van der Waals surface area contributed by atoms with Crippen LogP contribution in [0.3, 0.4) is 0 Å². The molecule has 3 aromatic carbocycles. The Morgan fingerprint density at radius 2 is 1.88 bits per heavy atom. The van der Waals surface area contributed by atoms with E-state index in [9.17, 15) is 24.6 Å². The number of carbonyl (C=O) groups is 2. The van der Waals surface area contributed by atoms with Crippen molar-refractivity contribution in [1.29, 1.82) is 0 Å². The molecule has 3 heterocycles. The summed E-state index contributed by atoms with van der Waals surface area (Å²) in [6.45, 7) is 2.53. The molecule has 0 bridgehead atoms. The number of likely N-dealkylation sites (tertiary alicyclic amines) is 1. The van der Waals surface area contributed by atoms with E-state index in [1.807, 2.05) is 48.5 Å². The molecule has 0 saturated carbocycles. The molecule has 0 spiro atoms. The summed E-state index contributed by atoms with van der Waals surface area (Å²) >= 11 is 0. The third kappa shape index (κ3) is 5.04. The molecule has 0 aliphatic carbocycles. The van der Waals surface area contributed by atoms with Gasteiger partial charge in [-0.05, 0) is 42.7 Å². The molecular weight excluding hydrogens is 544 g/mol. The van der Waals surface area contributed by atoms with E-state index < -0.39 is 17.4 Å². The van der Waals surface area contributed by atoms with Crippen LogP contribution in [0, 0.1) is 5.92 Å². The lowest BCUT2D eigenvalue weighted by Gasteiger charge is -2.28. The number of rotatable bonds is 8. The molecule has 2 aliphatic heterocycles. The zero-order valence-electron chi connectivity index (χ0n) is 24.0. The lowest BCUT2D eigenvalue weighted by Crippen LogP contribution is -2.44. The van der Waals surface area contributed by atoms with Gasteiger partial charge in [-0.25, -0.2) is 0 Å². The maximum Gasteiger partial charge on any atom is 0.279 e. The van der Waals surface area contributed by atoms with Crippen LogP contribution in [0.4, 0.5) is 5.69 Å². The number of aliphatic hydroxyl groups excluding tert-OH is 1. The Morgan fingerprint density at radius 1 is 1.09 bits per heavy atom. The van der Waals surface area contributed by atoms with Gasteiger partial charge < -0.3 is 20.0 Å². The van der Waals surface area contributed by atoms with Crippen LogP contribution in [-0.4, -0.2) is 55.9 Å². The second-order valence-corrected chi connectivity index (χ2v) is 11.3. The number of hydrogen-bond donors (Lipinski definition) is 2. The van der Waals surface area contributed by atoms with E-state index in [1.165, 1.54) is 4.68 Å². The number of para-hydroxylation sites is 1. The molecule has 43 heavy (non-hydrogen) atoms. The van der Waals surface area contributed by atoms with Gasteiger partial charge in [-0.2, -0.15) is 9.78 Å². The lowest BCUT2D eigenvalue weighted by molar-refractivity contribution is -0.139. The summed E-state index contributed by atoms with van der Waals surface area (Å²) in [4.78, 5) is 43.1. The van der Waals surface area contributed by atoms with E-state index in [2.05, 4.69) is 5.10 Å². The van der Waals surface area contributed by atoms with Crippen molar-refractivity contribution >= 4 is 28.3 Å². The van der Waals surface area contributed by atoms with Crippen molar-refractivity contribution in [3.05, 3.63) is 113 Å². The molecule has 2 N–H and O–H groups in total. The summed E-state index contributed by atoms with van der Waals surface area (Å²) < 4.78 is 1.35. The first-order valence-electron chi connectivity index (χ1n) is 14.6. The molecular formula is C34H34N4O5. The predicted molar refractivity (Wildman–Crippen MR) is 164 cm³/mol. The smallest absolute Gasteiger partial charge is 0.279 e. The first kappa shape index (κ1) is 28.5. The van der Waals surface area contributed by atoms with Crippen LogP contribution < -0.4 is 10.5 Å². The van der Waals surface area contributed by atoms with Crippen molar-refractivity contribution in [3.63, 3.8) is 0 Å². The minimum absolute atomic E-state index is 0.0505. The summed E-state index contributed by atoms with van der Waals surface area (Å²) in [6.07, 6.45) is 6.87. The highest BCUT2D eigenvalue weighted by atomic mass is 16.3. The molecule has 2 amide bonds. The number of carbonyl (C=O) groups excluding carboxylic acids is 2. The minimum Gasteiger partial charge on any atom is -0.394 e. The summed E-state index contributed by atoms with van der Waals surface area (Å²) in [7, 11) is 0. The molecule has 2 aliphatic rings. The maximum atomic E-state index is 13.9. The van der Waals surface area contributed by atoms with Crippen molar-refractivity contribution in [2.75, 3.05) is 18.1 Å². The SMILES string of the molecule is C[C@H](/C=C/CC(=O)N1CCC[C@H]1CO)[C@@]1(O)C(=O)N(Cc2cccc(-n3ncc4ccccc4c3=O)c2)c2ccccc21. The molecule has 0 radical (unpaired) electrons. The topological polar surface area (TPSA) is 116 Å². The Kier molecular flexibility index (Phi) is 7.68. The second-order valence-electron chi connectivity index (χ2n) is 11.3. The normalized spacial score (nSPS) is 20.7. The fourth-order valence-electron chi connectivity index (χ4n) is 6.29. The zero-order valence-corrected chi connectivity index (χ0v) is 24.0. The third-order valence-corrected chi connectivity index (χ3v) is 8.65. The number of anilines is 1. The number of aliphatic hydroxyl groups is 2. The van der Waals surface area contributed by atoms with Gasteiger partial charge >= 0.3 is 0 Å². The highest BCUT2D eigenvalue weighted by Gasteiger charge is 2.52. The lowest BCUT2D eigenvalue weighted by atomic mass is 9.83. The van der Waals surface area contributed by atoms with Crippen molar-refractivity contribution in [2.24, 2.45) is 5.92 Å². The van der Waals surface area contributed by atoms with E-state index in [1.54, 1.807) is 59.3 Å². The van der Waals surface area contributed by atoms with Crippen LogP contribution in [0.25, 0.3) is 16.5 Å². The fraction of sp³-hybridized carbons (Fsp3) is 0.294. The summed E-state index contributed by atoms with van der Waals surface area (Å²) in [6, 6.07) is 21.6. The quantitative estimate of drug-likeness (QED) is 0.308. The largest absolute Gasteiger partial charge is 0.394 e. The van der Waals surface area contributed by atoms with Gasteiger partial charge in [-0.1, -0.05) is 67.6 Å². The van der Waals surface area contributed by atoms with Crippen LogP contribution in [0.2, 0.25) is 0 Å². The van der Waals surface area contributed by atoms with Crippen molar-refractivity contribution in [2.45, 2.75) is 44.4 Å². The molecule has 1 aromatic heterocycles. The second kappa shape index (κ2) is 11.6. The molecule has 220 valence electrons. The monoisotopic (exact) mass is 578 g/mol. The Morgan fingerprint density at radius 3 is 2.72 bits per heavy atom. The summed E-state index contributed by atoms with van der Waals surface area (Å²) in [5, 5.41) is 27.2. The number of hydrogen-bond acceptors (Lipinski definition) is 6. The van der Waals surface area contributed by atoms with Gasteiger partial charge in [0.05, 0.1) is 42.2 Å². The van der Waals surface area contributed by atoms with Gasteiger partial charge in [0.25, 0.3) is 11.5 Å². The standard InChI is InChI=1S/C34H34N4O5/c1-23(9-6-17-31(40)36-18-8-13-27(36)22-39)34(43)29-15-4-5-16-30(29)37(33(34)42)21-24-10-7-12-26(19-24)38-32(41)28-14-3-2-11-25(28)20-35-38/h2-7,9-12,14-16,19-20,23,27,39,43H,8,13,17-18,21-22H2,1H3/b9-6+/t23-,27+,34+/m1/s1. The van der Waals surface area contributed by atoms with Gasteiger partial charge in [0, 0.05) is 29.8 Å². The molecule has 3 atom stereocenters. The van der Waals surface area contributed by atoms with Gasteiger partial charge in [0.1, 0.15) is 0 Å². The molecule has 0 unspecified atom stereocenters. The van der Waals surface area contributed by atoms with E-state index in [0.29, 0.717) is 28.9 Å². The van der Waals surface area contributed by atoms with Crippen molar-refractivity contribution in [3.8, 4) is 5.69 Å². The van der Waals surface area contributed by atoms with Crippen LogP contribution in [0.1, 0.15) is 37.3 Å². The molecule has 9 heteroatoms. The Balaban J connectivity index is 1.24. The van der Waals surface area contributed by atoms with Gasteiger partial charge in [0.2, 0.25) is 5.91 Å². The fourth-order valence-corrected chi connectivity index (χ4v) is 6.29. The Labute approximate surface area is 249 Å². The molecule has 4 aromatic rings. The number of benzene rings is 3. The Hall–Kier alpha value is -4.60. The van der Waals surface area contributed by atoms with Crippen LogP contribution in [0.5, 0.6) is 0 Å². The predicted octanol–water partition coefficient (Wildman–Crippen LogP) is 3.69. The highest BCUT2D eigenvalue weighted by Crippen LogP contribution is 2.45. The van der Waals surface area contributed by atoms with Crippen LogP contribution >= 0.6 is 0 Å². The minimum atomic E-state index is -1.81. The summed E-state index contributed by atoms with van der Waals surface area (Å²) in [5.41, 5.74) is 0.414. The zero-order chi connectivity index (χ0) is 30.1. The van der Waals surface area contributed by atoms with E-state index in [0.717, 1.165) is 23.8 Å². The molecule has 6 rings (SSSR count).